The summed E-state index contributed by atoms with van der Waals surface area (Å²) < 4.78 is 12.6. The molecule has 0 aliphatic carbocycles. The third-order valence-electron chi connectivity index (χ3n) is 2.39. The Kier molecular flexibility index (Phi) is 5.40. The first kappa shape index (κ1) is 12.6. The zero-order chi connectivity index (χ0) is 11.8. The average Bonchev–Trinajstić information content (AvgIpc) is 2.29. The highest BCUT2D eigenvalue weighted by atomic mass is 19.1. The molecule has 0 saturated heterocycles. The van der Waals surface area contributed by atoms with Crippen molar-refractivity contribution in [2.75, 3.05) is 0 Å². The summed E-state index contributed by atoms with van der Waals surface area (Å²) in [6, 6.07) is 5.59. The molecule has 0 aliphatic heterocycles. The highest BCUT2D eigenvalue weighted by Crippen LogP contribution is 2.09. The molecule has 1 aromatic carbocycles. The molecule has 0 atom stereocenters. The highest BCUT2D eigenvalue weighted by molar-refractivity contribution is 5.95. The second kappa shape index (κ2) is 6.88. The highest BCUT2D eigenvalue weighted by Gasteiger charge is 2.04. The van der Waals surface area contributed by atoms with Crippen LogP contribution in [0.2, 0.25) is 0 Å². The number of benzene rings is 1. The molecule has 0 aromatic heterocycles. The minimum Gasteiger partial charge on any atom is -0.303 e. The Morgan fingerprint density at radius 1 is 1.12 bits per heavy atom. The summed E-state index contributed by atoms with van der Waals surface area (Å²) in [5.41, 5.74) is 0.553. The molecule has 0 heterocycles. The van der Waals surface area contributed by atoms with Gasteiger partial charge in [0.15, 0.2) is 5.78 Å². The lowest BCUT2D eigenvalue weighted by molar-refractivity contribution is -0.107. The average molecular weight is 222 g/mol. The Bertz CT molecular complexity index is 343. The Balaban J connectivity index is 2.29. The van der Waals surface area contributed by atoms with E-state index in [0.717, 1.165) is 25.5 Å². The first-order valence-electron chi connectivity index (χ1n) is 5.46. The molecule has 0 saturated carbocycles. The van der Waals surface area contributed by atoms with Gasteiger partial charge in [0.2, 0.25) is 0 Å². The van der Waals surface area contributed by atoms with Crippen molar-refractivity contribution in [3.8, 4) is 0 Å². The maximum absolute atomic E-state index is 12.6. The first-order valence-corrected chi connectivity index (χ1v) is 5.46. The van der Waals surface area contributed by atoms with Gasteiger partial charge in [0.25, 0.3) is 0 Å². The number of ketones is 1. The molecule has 2 nitrogen and oxygen atoms in total. The Morgan fingerprint density at radius 2 is 1.81 bits per heavy atom. The summed E-state index contributed by atoms with van der Waals surface area (Å²) in [7, 11) is 0. The number of aldehydes is 1. The normalized spacial score (nSPS) is 10.1. The summed E-state index contributed by atoms with van der Waals surface area (Å²) in [4.78, 5) is 21.6. The van der Waals surface area contributed by atoms with Crippen LogP contribution in [0.4, 0.5) is 4.39 Å². The van der Waals surface area contributed by atoms with Gasteiger partial charge < -0.3 is 4.79 Å². The topological polar surface area (TPSA) is 34.1 Å². The molecular formula is C13H15FO2. The molecule has 86 valence electrons. The summed E-state index contributed by atoms with van der Waals surface area (Å²) in [5, 5.41) is 0. The molecule has 0 radical (unpaired) electrons. The smallest absolute Gasteiger partial charge is 0.162 e. The van der Waals surface area contributed by atoms with Crippen LogP contribution >= 0.6 is 0 Å². The summed E-state index contributed by atoms with van der Waals surface area (Å²) in [5.74, 6) is -0.298. The molecule has 0 bridgehead atoms. The van der Waals surface area contributed by atoms with E-state index in [4.69, 9.17) is 0 Å². The predicted octanol–water partition coefficient (Wildman–Crippen LogP) is 3.16. The second-order valence-corrected chi connectivity index (χ2v) is 3.70. The Morgan fingerprint density at radius 3 is 2.44 bits per heavy atom. The number of unbranched alkanes of at least 4 members (excludes halogenated alkanes) is 3. The van der Waals surface area contributed by atoms with E-state index >= 15 is 0 Å². The summed E-state index contributed by atoms with van der Waals surface area (Å²) in [6.07, 6.45) is 4.41. The first-order chi connectivity index (χ1) is 7.74. The summed E-state index contributed by atoms with van der Waals surface area (Å²) in [6.45, 7) is 0. The number of halogens is 1. The number of hydrogen-bond acceptors (Lipinski definition) is 2. The van der Waals surface area contributed by atoms with Gasteiger partial charge in [-0.25, -0.2) is 4.39 Å². The number of rotatable bonds is 7. The van der Waals surface area contributed by atoms with Crippen molar-refractivity contribution < 1.29 is 14.0 Å². The number of Topliss-reactive ketones (excluding diaryl/α,β-unsaturated/α-hetero) is 1. The lowest BCUT2D eigenvalue weighted by Crippen LogP contribution is -1.98. The molecule has 0 N–H and O–H groups in total. The Labute approximate surface area is 94.5 Å². The van der Waals surface area contributed by atoms with Crippen molar-refractivity contribution in [1.29, 1.82) is 0 Å². The van der Waals surface area contributed by atoms with E-state index in [1.807, 2.05) is 0 Å². The lowest BCUT2D eigenvalue weighted by atomic mass is 10.0. The van der Waals surface area contributed by atoms with E-state index in [1.165, 1.54) is 24.3 Å². The minimum atomic E-state index is -0.331. The van der Waals surface area contributed by atoms with E-state index in [1.54, 1.807) is 0 Å². The van der Waals surface area contributed by atoms with Gasteiger partial charge in [-0.1, -0.05) is 6.42 Å². The van der Waals surface area contributed by atoms with Crippen LogP contribution < -0.4 is 0 Å². The van der Waals surface area contributed by atoms with Gasteiger partial charge in [0, 0.05) is 18.4 Å². The van der Waals surface area contributed by atoms with E-state index in [-0.39, 0.29) is 11.6 Å². The van der Waals surface area contributed by atoms with Gasteiger partial charge in [-0.15, -0.1) is 0 Å². The quantitative estimate of drug-likeness (QED) is 0.403. The van der Waals surface area contributed by atoms with Gasteiger partial charge in [-0.3, -0.25) is 4.79 Å². The van der Waals surface area contributed by atoms with Crippen LogP contribution in [-0.4, -0.2) is 12.1 Å². The molecule has 0 spiro atoms. The van der Waals surface area contributed by atoms with Gasteiger partial charge in [0.1, 0.15) is 12.1 Å². The molecule has 0 fully saturated rings. The maximum Gasteiger partial charge on any atom is 0.162 e. The van der Waals surface area contributed by atoms with Gasteiger partial charge in [-0.2, -0.15) is 0 Å². The minimum absolute atomic E-state index is 0.0334. The third-order valence-corrected chi connectivity index (χ3v) is 2.39. The van der Waals surface area contributed by atoms with E-state index in [0.29, 0.717) is 18.4 Å². The van der Waals surface area contributed by atoms with Crippen molar-refractivity contribution in [2.24, 2.45) is 0 Å². The van der Waals surface area contributed by atoms with Crippen molar-refractivity contribution >= 4 is 12.1 Å². The fourth-order valence-corrected chi connectivity index (χ4v) is 1.47. The molecule has 1 rings (SSSR count). The van der Waals surface area contributed by atoms with Crippen LogP contribution in [0.15, 0.2) is 24.3 Å². The van der Waals surface area contributed by atoms with Gasteiger partial charge >= 0.3 is 0 Å². The molecule has 0 aliphatic rings. The standard InChI is InChI=1S/C13H15FO2/c14-12-8-6-11(7-9-12)13(16)5-3-1-2-4-10-15/h6-10H,1-5H2. The van der Waals surface area contributed by atoms with Gasteiger partial charge in [0.05, 0.1) is 0 Å². The SMILES string of the molecule is O=CCCCCCC(=O)c1ccc(F)cc1. The number of carbonyl (C=O) groups excluding carboxylic acids is 2. The summed E-state index contributed by atoms with van der Waals surface area (Å²) >= 11 is 0. The van der Waals surface area contributed by atoms with Crippen molar-refractivity contribution in [3.63, 3.8) is 0 Å². The van der Waals surface area contributed by atoms with Crippen LogP contribution in [0.1, 0.15) is 42.5 Å². The van der Waals surface area contributed by atoms with Crippen molar-refractivity contribution in [2.45, 2.75) is 32.1 Å². The van der Waals surface area contributed by atoms with Gasteiger partial charge in [-0.05, 0) is 37.1 Å². The molecule has 3 heteroatoms. The molecular weight excluding hydrogens is 207 g/mol. The molecule has 16 heavy (non-hydrogen) atoms. The van der Waals surface area contributed by atoms with Crippen LogP contribution in [-0.2, 0) is 4.79 Å². The predicted molar refractivity (Wildman–Crippen MR) is 59.9 cm³/mol. The fraction of sp³-hybridized carbons (Fsp3) is 0.385. The Hall–Kier alpha value is -1.51. The fourth-order valence-electron chi connectivity index (χ4n) is 1.47. The van der Waals surface area contributed by atoms with Crippen molar-refractivity contribution in [1.82, 2.24) is 0 Å². The molecule has 1 aromatic rings. The van der Waals surface area contributed by atoms with Crippen LogP contribution in [0.3, 0.4) is 0 Å². The van der Waals surface area contributed by atoms with Crippen LogP contribution in [0.5, 0.6) is 0 Å². The van der Waals surface area contributed by atoms with Crippen LogP contribution in [0.25, 0.3) is 0 Å². The van der Waals surface area contributed by atoms with Crippen LogP contribution in [0, 0.1) is 5.82 Å². The van der Waals surface area contributed by atoms with Crippen molar-refractivity contribution in [3.05, 3.63) is 35.6 Å². The number of hydrogen-bond donors (Lipinski definition) is 0. The zero-order valence-electron chi connectivity index (χ0n) is 9.12. The van der Waals surface area contributed by atoms with E-state index < -0.39 is 0 Å². The zero-order valence-corrected chi connectivity index (χ0v) is 9.12. The molecule has 0 unspecified atom stereocenters. The van der Waals surface area contributed by atoms with E-state index in [9.17, 15) is 14.0 Å². The second-order valence-electron chi connectivity index (χ2n) is 3.70. The third kappa shape index (κ3) is 4.34. The monoisotopic (exact) mass is 222 g/mol. The maximum atomic E-state index is 12.6. The van der Waals surface area contributed by atoms with E-state index in [2.05, 4.69) is 0 Å². The number of carbonyl (C=O) groups is 2. The largest absolute Gasteiger partial charge is 0.303 e. The lowest BCUT2D eigenvalue weighted by Gasteiger charge is -2.00. The molecule has 0 amide bonds.